The maximum absolute atomic E-state index is 11.4. The molecule has 1 aromatic heterocycles. The van der Waals surface area contributed by atoms with Crippen LogP contribution in [0.1, 0.15) is 13.3 Å². The number of amidine groups is 1. The van der Waals surface area contributed by atoms with Crippen molar-refractivity contribution in [1.82, 2.24) is 10.3 Å². The quantitative estimate of drug-likeness (QED) is 0.827. The molecule has 1 aliphatic heterocycles. The number of aromatic nitrogens is 1. The number of nitrogens with one attached hydrogen (secondary N) is 1. The Hall–Kier alpha value is -1.36. The minimum Gasteiger partial charge on any atom is -0.304 e. The van der Waals surface area contributed by atoms with E-state index in [0.29, 0.717) is 5.17 Å². The zero-order valence-corrected chi connectivity index (χ0v) is 9.12. The summed E-state index contributed by atoms with van der Waals surface area (Å²) in [5, 5.41) is 3.44. The predicted molar refractivity (Wildman–Crippen MR) is 61.1 cm³/mol. The standard InChI is InChI=1S/C10H11N3OS/c1-2-8-9(14)13-10(15-8)12-7-3-5-11-6-4-7/h3-6,8H,2H2,1H3,(H,11,12,13,14). The van der Waals surface area contributed by atoms with E-state index in [1.54, 1.807) is 24.5 Å². The van der Waals surface area contributed by atoms with Crippen LogP contribution >= 0.6 is 11.8 Å². The van der Waals surface area contributed by atoms with Crippen LogP contribution < -0.4 is 5.32 Å². The number of pyridine rings is 1. The fraction of sp³-hybridized carbons (Fsp3) is 0.300. The number of amides is 1. The second-order valence-corrected chi connectivity index (χ2v) is 4.32. The van der Waals surface area contributed by atoms with Crippen molar-refractivity contribution in [3.63, 3.8) is 0 Å². The number of aliphatic imine (C=N–C) groups is 1. The molecule has 0 aromatic carbocycles. The maximum atomic E-state index is 11.4. The van der Waals surface area contributed by atoms with Crippen LogP contribution in [0, 0.1) is 0 Å². The highest BCUT2D eigenvalue weighted by Gasteiger charge is 2.28. The van der Waals surface area contributed by atoms with Gasteiger partial charge in [-0.25, -0.2) is 4.99 Å². The highest BCUT2D eigenvalue weighted by molar-refractivity contribution is 8.15. The minimum absolute atomic E-state index is 0.00517. The van der Waals surface area contributed by atoms with Crippen LogP contribution in [-0.2, 0) is 4.79 Å². The molecule has 0 saturated carbocycles. The molecule has 0 radical (unpaired) electrons. The minimum atomic E-state index is 0.00517. The molecule has 2 rings (SSSR count). The van der Waals surface area contributed by atoms with Crippen LogP contribution in [0.25, 0.3) is 0 Å². The highest BCUT2D eigenvalue weighted by atomic mass is 32.2. The van der Waals surface area contributed by atoms with Gasteiger partial charge in [-0.1, -0.05) is 18.7 Å². The van der Waals surface area contributed by atoms with E-state index in [2.05, 4.69) is 15.3 Å². The Morgan fingerprint density at radius 2 is 2.27 bits per heavy atom. The van der Waals surface area contributed by atoms with E-state index < -0.39 is 0 Å². The summed E-state index contributed by atoms with van der Waals surface area (Å²) in [6.07, 6.45) is 4.18. The number of carbonyl (C=O) groups is 1. The molecule has 5 heteroatoms. The molecule has 1 saturated heterocycles. The number of carbonyl (C=O) groups excluding carboxylic acids is 1. The molecule has 1 aromatic rings. The Labute approximate surface area is 92.2 Å². The Kier molecular flexibility index (Phi) is 3.01. The van der Waals surface area contributed by atoms with E-state index in [4.69, 9.17) is 0 Å². The van der Waals surface area contributed by atoms with Gasteiger partial charge in [-0.2, -0.15) is 0 Å². The fourth-order valence-electron chi connectivity index (χ4n) is 1.26. The summed E-state index contributed by atoms with van der Waals surface area (Å²) in [4.78, 5) is 19.6. The predicted octanol–water partition coefficient (Wildman–Crippen LogP) is 1.71. The van der Waals surface area contributed by atoms with Gasteiger partial charge in [-0.15, -0.1) is 0 Å². The van der Waals surface area contributed by atoms with Gasteiger partial charge < -0.3 is 5.32 Å². The summed E-state index contributed by atoms with van der Waals surface area (Å²) >= 11 is 1.48. The first-order valence-electron chi connectivity index (χ1n) is 4.76. The summed E-state index contributed by atoms with van der Waals surface area (Å²) in [6, 6.07) is 3.61. The Bertz CT molecular complexity index is 391. The Morgan fingerprint density at radius 3 is 2.87 bits per heavy atom. The lowest BCUT2D eigenvalue weighted by Crippen LogP contribution is -2.24. The van der Waals surface area contributed by atoms with E-state index in [9.17, 15) is 4.79 Å². The smallest absolute Gasteiger partial charge is 0.239 e. The Balaban J connectivity index is 2.14. The zero-order valence-electron chi connectivity index (χ0n) is 8.30. The van der Waals surface area contributed by atoms with E-state index in [0.717, 1.165) is 12.1 Å². The second-order valence-electron chi connectivity index (χ2n) is 3.13. The van der Waals surface area contributed by atoms with Gasteiger partial charge in [0.25, 0.3) is 0 Å². The number of hydrogen-bond donors (Lipinski definition) is 1. The third kappa shape index (κ3) is 2.36. The van der Waals surface area contributed by atoms with Crippen molar-refractivity contribution in [2.24, 2.45) is 4.99 Å². The van der Waals surface area contributed by atoms with Crippen LogP contribution in [0.2, 0.25) is 0 Å². The summed E-state index contributed by atoms with van der Waals surface area (Å²) in [5.74, 6) is 0.0512. The van der Waals surface area contributed by atoms with Gasteiger partial charge in [0.15, 0.2) is 5.17 Å². The number of nitrogens with zero attached hydrogens (tertiary/aromatic N) is 2. The van der Waals surface area contributed by atoms with Gasteiger partial charge in [-0.3, -0.25) is 9.78 Å². The molecule has 1 fully saturated rings. The third-order valence-electron chi connectivity index (χ3n) is 2.04. The average Bonchev–Trinajstić information content (AvgIpc) is 2.60. The molecule has 1 unspecified atom stereocenters. The average molecular weight is 221 g/mol. The van der Waals surface area contributed by atoms with E-state index in [1.165, 1.54) is 11.8 Å². The van der Waals surface area contributed by atoms with Crippen molar-refractivity contribution in [2.45, 2.75) is 18.6 Å². The largest absolute Gasteiger partial charge is 0.304 e. The van der Waals surface area contributed by atoms with E-state index >= 15 is 0 Å². The summed E-state index contributed by atoms with van der Waals surface area (Å²) < 4.78 is 0. The number of thioether (sulfide) groups is 1. The van der Waals surface area contributed by atoms with Crippen molar-refractivity contribution in [3.8, 4) is 0 Å². The summed E-state index contributed by atoms with van der Waals surface area (Å²) in [7, 11) is 0. The normalized spacial score (nSPS) is 23.1. The van der Waals surface area contributed by atoms with Crippen LogP contribution in [-0.4, -0.2) is 21.3 Å². The molecule has 2 heterocycles. The van der Waals surface area contributed by atoms with Gasteiger partial charge in [0.05, 0.1) is 10.9 Å². The third-order valence-corrected chi connectivity index (χ3v) is 3.29. The molecule has 1 amide bonds. The molecular formula is C10H11N3OS. The Morgan fingerprint density at radius 1 is 1.53 bits per heavy atom. The lowest BCUT2D eigenvalue weighted by Gasteiger charge is -1.96. The molecule has 15 heavy (non-hydrogen) atoms. The first-order chi connectivity index (χ1) is 7.29. The molecule has 1 aliphatic rings. The fourth-order valence-corrected chi connectivity index (χ4v) is 2.18. The van der Waals surface area contributed by atoms with Crippen LogP contribution in [0.15, 0.2) is 29.5 Å². The summed E-state index contributed by atoms with van der Waals surface area (Å²) in [6.45, 7) is 1.99. The molecule has 78 valence electrons. The van der Waals surface area contributed by atoms with Crippen molar-refractivity contribution in [1.29, 1.82) is 0 Å². The zero-order chi connectivity index (χ0) is 10.7. The highest BCUT2D eigenvalue weighted by Crippen LogP contribution is 2.24. The van der Waals surface area contributed by atoms with Crippen molar-refractivity contribution in [3.05, 3.63) is 24.5 Å². The van der Waals surface area contributed by atoms with Crippen LogP contribution in [0.5, 0.6) is 0 Å². The molecule has 4 nitrogen and oxygen atoms in total. The molecule has 0 bridgehead atoms. The second kappa shape index (κ2) is 4.44. The van der Waals surface area contributed by atoms with Crippen molar-refractivity contribution < 1.29 is 4.79 Å². The molecule has 0 spiro atoms. The van der Waals surface area contributed by atoms with Gasteiger partial charge in [0, 0.05) is 12.4 Å². The lowest BCUT2D eigenvalue weighted by atomic mass is 10.3. The lowest BCUT2D eigenvalue weighted by molar-refractivity contribution is -0.118. The van der Waals surface area contributed by atoms with Gasteiger partial charge in [0.2, 0.25) is 5.91 Å². The number of hydrogen-bond acceptors (Lipinski definition) is 4. The van der Waals surface area contributed by atoms with E-state index in [1.807, 2.05) is 6.92 Å². The van der Waals surface area contributed by atoms with Crippen LogP contribution in [0.3, 0.4) is 0 Å². The molecule has 0 aliphatic carbocycles. The number of rotatable bonds is 2. The van der Waals surface area contributed by atoms with Crippen molar-refractivity contribution >= 4 is 28.5 Å². The van der Waals surface area contributed by atoms with Crippen LogP contribution in [0.4, 0.5) is 5.69 Å². The maximum Gasteiger partial charge on any atom is 0.239 e. The molecule has 1 N–H and O–H groups in total. The molecule has 1 atom stereocenters. The SMILES string of the molecule is CCC1SC(=Nc2ccncc2)NC1=O. The monoisotopic (exact) mass is 221 g/mol. The van der Waals surface area contributed by atoms with Gasteiger partial charge in [-0.05, 0) is 18.6 Å². The van der Waals surface area contributed by atoms with E-state index in [-0.39, 0.29) is 11.2 Å². The first-order valence-corrected chi connectivity index (χ1v) is 5.64. The van der Waals surface area contributed by atoms with Gasteiger partial charge in [0.1, 0.15) is 0 Å². The van der Waals surface area contributed by atoms with Crippen molar-refractivity contribution in [2.75, 3.05) is 0 Å². The summed E-state index contributed by atoms with van der Waals surface area (Å²) in [5.41, 5.74) is 0.810. The van der Waals surface area contributed by atoms with Gasteiger partial charge >= 0.3 is 0 Å². The topological polar surface area (TPSA) is 54.4 Å². The molecular weight excluding hydrogens is 210 g/mol. The first kappa shape index (κ1) is 10.2.